The van der Waals surface area contributed by atoms with E-state index in [0.717, 1.165) is 11.3 Å². The SMILES string of the molecule is CC(O)(CNC(=O)CCOc1ccccc1)c1ccccc1. The van der Waals surface area contributed by atoms with Crippen LogP contribution in [-0.2, 0) is 10.4 Å². The summed E-state index contributed by atoms with van der Waals surface area (Å²) in [6.07, 6.45) is 0.250. The Morgan fingerprint density at radius 3 is 2.32 bits per heavy atom. The van der Waals surface area contributed by atoms with Crippen molar-refractivity contribution >= 4 is 5.91 Å². The van der Waals surface area contributed by atoms with E-state index in [9.17, 15) is 9.90 Å². The number of benzene rings is 2. The van der Waals surface area contributed by atoms with Gasteiger partial charge in [0.15, 0.2) is 0 Å². The summed E-state index contributed by atoms with van der Waals surface area (Å²) in [6.45, 7) is 2.16. The van der Waals surface area contributed by atoms with E-state index in [2.05, 4.69) is 5.32 Å². The molecule has 0 aliphatic carbocycles. The maximum Gasteiger partial charge on any atom is 0.223 e. The Kier molecular flexibility index (Phi) is 5.55. The lowest BCUT2D eigenvalue weighted by molar-refractivity contribution is -0.122. The van der Waals surface area contributed by atoms with E-state index in [1.165, 1.54) is 0 Å². The molecule has 0 aliphatic heterocycles. The van der Waals surface area contributed by atoms with Gasteiger partial charge in [-0.15, -0.1) is 0 Å². The molecule has 1 unspecified atom stereocenters. The average Bonchev–Trinajstić information content (AvgIpc) is 2.55. The first-order chi connectivity index (χ1) is 10.6. The Bertz CT molecular complexity index is 582. The molecule has 0 saturated heterocycles. The molecule has 0 radical (unpaired) electrons. The van der Waals surface area contributed by atoms with Crippen LogP contribution >= 0.6 is 0 Å². The highest BCUT2D eigenvalue weighted by Crippen LogP contribution is 2.18. The smallest absolute Gasteiger partial charge is 0.223 e. The third-order valence-corrected chi connectivity index (χ3v) is 3.37. The second-order valence-electron chi connectivity index (χ2n) is 5.33. The number of rotatable bonds is 7. The zero-order valence-corrected chi connectivity index (χ0v) is 12.7. The quantitative estimate of drug-likeness (QED) is 0.826. The summed E-state index contributed by atoms with van der Waals surface area (Å²) in [7, 11) is 0. The number of nitrogens with one attached hydrogen (secondary N) is 1. The van der Waals surface area contributed by atoms with Gasteiger partial charge in [0, 0.05) is 0 Å². The molecule has 0 spiro atoms. The normalized spacial score (nSPS) is 13.2. The lowest BCUT2D eigenvalue weighted by Crippen LogP contribution is -2.39. The molecule has 2 rings (SSSR count). The molecule has 0 aliphatic rings. The number of carbonyl (C=O) groups is 1. The minimum absolute atomic E-state index is 0.146. The maximum absolute atomic E-state index is 11.8. The second-order valence-corrected chi connectivity index (χ2v) is 5.33. The van der Waals surface area contributed by atoms with Crippen LogP contribution in [0.4, 0.5) is 0 Å². The number of carbonyl (C=O) groups excluding carboxylic acids is 1. The van der Waals surface area contributed by atoms with Gasteiger partial charge in [0.1, 0.15) is 11.4 Å². The molecule has 0 saturated carbocycles. The van der Waals surface area contributed by atoms with Crippen LogP contribution in [0.2, 0.25) is 0 Å². The van der Waals surface area contributed by atoms with Crippen molar-refractivity contribution in [3.63, 3.8) is 0 Å². The van der Waals surface area contributed by atoms with Crippen molar-refractivity contribution in [1.29, 1.82) is 0 Å². The highest BCUT2D eigenvalue weighted by molar-refractivity contribution is 5.76. The maximum atomic E-state index is 11.8. The first-order valence-corrected chi connectivity index (χ1v) is 7.30. The van der Waals surface area contributed by atoms with Crippen LogP contribution in [0.5, 0.6) is 5.75 Å². The largest absolute Gasteiger partial charge is 0.493 e. The fraction of sp³-hybridized carbons (Fsp3) is 0.278. The topological polar surface area (TPSA) is 58.6 Å². The zero-order chi connectivity index (χ0) is 15.8. The summed E-state index contributed by atoms with van der Waals surface area (Å²) < 4.78 is 5.47. The van der Waals surface area contributed by atoms with Crippen LogP contribution in [0.25, 0.3) is 0 Å². The predicted molar refractivity (Wildman–Crippen MR) is 85.6 cm³/mol. The molecule has 116 valence electrons. The summed E-state index contributed by atoms with van der Waals surface area (Å²) in [5.41, 5.74) is -0.312. The molecular formula is C18H21NO3. The molecule has 0 fully saturated rings. The molecule has 1 atom stereocenters. The van der Waals surface area contributed by atoms with Gasteiger partial charge >= 0.3 is 0 Å². The van der Waals surface area contributed by atoms with Crippen molar-refractivity contribution in [3.8, 4) is 5.75 Å². The van der Waals surface area contributed by atoms with Crippen LogP contribution in [0, 0.1) is 0 Å². The Balaban J connectivity index is 1.73. The molecule has 2 aromatic rings. The van der Waals surface area contributed by atoms with Crippen LogP contribution in [0.15, 0.2) is 60.7 Å². The molecule has 0 heterocycles. The zero-order valence-electron chi connectivity index (χ0n) is 12.7. The van der Waals surface area contributed by atoms with Gasteiger partial charge in [0.25, 0.3) is 0 Å². The van der Waals surface area contributed by atoms with Crippen molar-refractivity contribution in [2.75, 3.05) is 13.2 Å². The Labute approximate surface area is 130 Å². The van der Waals surface area contributed by atoms with Crippen molar-refractivity contribution in [2.45, 2.75) is 18.9 Å². The minimum Gasteiger partial charge on any atom is -0.493 e. The van der Waals surface area contributed by atoms with Crippen LogP contribution in [0.1, 0.15) is 18.9 Å². The van der Waals surface area contributed by atoms with E-state index in [1.54, 1.807) is 6.92 Å². The molecule has 1 amide bonds. The van der Waals surface area contributed by atoms with E-state index < -0.39 is 5.60 Å². The van der Waals surface area contributed by atoms with E-state index in [4.69, 9.17) is 4.74 Å². The Hall–Kier alpha value is -2.33. The summed E-state index contributed by atoms with van der Waals surface area (Å²) in [6, 6.07) is 18.6. The molecule has 4 heteroatoms. The molecule has 0 bridgehead atoms. The lowest BCUT2D eigenvalue weighted by atomic mass is 9.96. The summed E-state index contributed by atoms with van der Waals surface area (Å²) >= 11 is 0. The summed E-state index contributed by atoms with van der Waals surface area (Å²) in [4.78, 5) is 11.8. The standard InChI is InChI=1S/C18H21NO3/c1-18(21,15-8-4-2-5-9-15)14-19-17(20)12-13-22-16-10-6-3-7-11-16/h2-11,21H,12-14H2,1H3,(H,19,20). The van der Waals surface area contributed by atoms with Gasteiger partial charge in [-0.05, 0) is 24.6 Å². The van der Waals surface area contributed by atoms with Gasteiger partial charge in [0.2, 0.25) is 5.91 Å². The Morgan fingerprint density at radius 2 is 1.68 bits per heavy atom. The van der Waals surface area contributed by atoms with Gasteiger partial charge in [0.05, 0.1) is 19.6 Å². The van der Waals surface area contributed by atoms with Crippen molar-refractivity contribution in [3.05, 3.63) is 66.2 Å². The van der Waals surface area contributed by atoms with Crippen LogP contribution in [-0.4, -0.2) is 24.2 Å². The van der Waals surface area contributed by atoms with Crippen LogP contribution < -0.4 is 10.1 Å². The summed E-state index contributed by atoms with van der Waals surface area (Å²) in [5, 5.41) is 13.1. The number of ether oxygens (including phenoxy) is 1. The highest BCUT2D eigenvalue weighted by atomic mass is 16.5. The van der Waals surface area contributed by atoms with Gasteiger partial charge in [-0.25, -0.2) is 0 Å². The molecule has 2 N–H and O–H groups in total. The fourth-order valence-electron chi connectivity index (χ4n) is 2.04. The number of para-hydroxylation sites is 1. The first-order valence-electron chi connectivity index (χ1n) is 7.30. The van der Waals surface area contributed by atoms with E-state index >= 15 is 0 Å². The molecular weight excluding hydrogens is 278 g/mol. The van der Waals surface area contributed by atoms with Gasteiger partial charge in [-0.2, -0.15) is 0 Å². The number of aliphatic hydroxyl groups is 1. The third-order valence-electron chi connectivity index (χ3n) is 3.37. The van der Waals surface area contributed by atoms with E-state index in [-0.39, 0.29) is 18.9 Å². The molecule has 4 nitrogen and oxygen atoms in total. The highest BCUT2D eigenvalue weighted by Gasteiger charge is 2.23. The first kappa shape index (κ1) is 16.0. The fourth-order valence-corrected chi connectivity index (χ4v) is 2.04. The number of amides is 1. The number of hydrogen-bond donors (Lipinski definition) is 2. The van der Waals surface area contributed by atoms with Crippen molar-refractivity contribution in [1.82, 2.24) is 5.32 Å². The Morgan fingerprint density at radius 1 is 1.09 bits per heavy atom. The lowest BCUT2D eigenvalue weighted by Gasteiger charge is -2.24. The van der Waals surface area contributed by atoms with Gasteiger partial charge in [-0.3, -0.25) is 4.79 Å². The third kappa shape index (κ3) is 4.90. The van der Waals surface area contributed by atoms with Crippen LogP contribution in [0.3, 0.4) is 0 Å². The van der Waals surface area contributed by atoms with Crippen molar-refractivity contribution in [2.24, 2.45) is 0 Å². The summed E-state index contributed by atoms with van der Waals surface area (Å²) in [5.74, 6) is 0.596. The minimum atomic E-state index is -1.09. The number of hydrogen-bond acceptors (Lipinski definition) is 3. The monoisotopic (exact) mass is 299 g/mol. The van der Waals surface area contributed by atoms with E-state index in [1.807, 2.05) is 60.7 Å². The van der Waals surface area contributed by atoms with Crippen molar-refractivity contribution < 1.29 is 14.6 Å². The molecule has 22 heavy (non-hydrogen) atoms. The van der Waals surface area contributed by atoms with E-state index in [0.29, 0.717) is 6.61 Å². The van der Waals surface area contributed by atoms with Gasteiger partial charge < -0.3 is 15.2 Å². The average molecular weight is 299 g/mol. The predicted octanol–water partition coefficient (Wildman–Crippen LogP) is 2.48. The van der Waals surface area contributed by atoms with Gasteiger partial charge in [-0.1, -0.05) is 48.5 Å². The molecule has 0 aromatic heterocycles. The molecule has 2 aromatic carbocycles. The second kappa shape index (κ2) is 7.61.